The van der Waals surface area contributed by atoms with Gasteiger partial charge in [-0.25, -0.2) is 0 Å². The molecule has 0 spiro atoms. The van der Waals surface area contributed by atoms with Crippen LogP contribution in [-0.2, 0) is 0 Å². The van der Waals surface area contributed by atoms with Crippen LogP contribution in [0.25, 0.3) is 76.9 Å². The van der Waals surface area contributed by atoms with Crippen LogP contribution < -0.4 is 4.90 Å². The van der Waals surface area contributed by atoms with Crippen molar-refractivity contribution in [3.05, 3.63) is 200 Å². The van der Waals surface area contributed by atoms with Crippen molar-refractivity contribution in [2.45, 2.75) is 0 Å². The number of hydrogen-bond donors (Lipinski definition) is 0. The third-order valence-corrected chi connectivity index (χ3v) is 10.3. The summed E-state index contributed by atoms with van der Waals surface area (Å²) in [6, 6.07) is 71.5. The topological polar surface area (TPSA) is 16.4 Å². The zero-order chi connectivity index (χ0) is 34.4. The normalized spacial score (nSPS) is 11.5. The van der Waals surface area contributed by atoms with Crippen molar-refractivity contribution >= 4 is 60.5 Å². The van der Waals surface area contributed by atoms with Crippen molar-refractivity contribution in [3.8, 4) is 33.4 Å². The third-order valence-electron chi connectivity index (χ3n) is 10.3. The van der Waals surface area contributed by atoms with Crippen LogP contribution in [-0.4, -0.2) is 0 Å². The Balaban J connectivity index is 1.09. The largest absolute Gasteiger partial charge is 0.455 e. The number of furan rings is 1. The van der Waals surface area contributed by atoms with Crippen LogP contribution in [0.4, 0.5) is 17.1 Å². The number of anilines is 3. The Morgan fingerprint density at radius 3 is 1.37 bits per heavy atom. The Labute approximate surface area is 302 Å². The van der Waals surface area contributed by atoms with Crippen molar-refractivity contribution in [1.29, 1.82) is 0 Å². The fourth-order valence-corrected chi connectivity index (χ4v) is 7.72. The molecule has 0 aliphatic carbocycles. The fourth-order valence-electron chi connectivity index (χ4n) is 7.72. The zero-order valence-electron chi connectivity index (χ0n) is 28.4. The van der Waals surface area contributed by atoms with Crippen molar-refractivity contribution in [3.63, 3.8) is 0 Å². The summed E-state index contributed by atoms with van der Waals surface area (Å²) in [5, 5.41) is 7.13. The second-order valence-corrected chi connectivity index (χ2v) is 13.3. The predicted octanol–water partition coefficient (Wildman–Crippen LogP) is 14.4. The molecule has 0 aliphatic rings. The fraction of sp³-hybridized carbons (Fsp3) is 0. The monoisotopic (exact) mass is 663 g/mol. The first-order chi connectivity index (χ1) is 25.8. The van der Waals surface area contributed by atoms with Gasteiger partial charge in [-0.2, -0.15) is 0 Å². The molecule has 0 saturated heterocycles. The summed E-state index contributed by atoms with van der Waals surface area (Å²) in [5.41, 5.74) is 12.1. The van der Waals surface area contributed by atoms with Crippen molar-refractivity contribution in [2.24, 2.45) is 0 Å². The van der Waals surface area contributed by atoms with Gasteiger partial charge in [0.05, 0.1) is 0 Å². The lowest BCUT2D eigenvalue weighted by Crippen LogP contribution is -2.10. The van der Waals surface area contributed by atoms with Gasteiger partial charge in [-0.3, -0.25) is 0 Å². The number of hydrogen-bond acceptors (Lipinski definition) is 2. The Morgan fingerprint density at radius 2 is 0.750 bits per heavy atom. The molecule has 0 fully saturated rings. The van der Waals surface area contributed by atoms with Gasteiger partial charge >= 0.3 is 0 Å². The molecule has 0 saturated carbocycles. The first-order valence-electron chi connectivity index (χ1n) is 17.8. The summed E-state index contributed by atoms with van der Waals surface area (Å²) in [6.07, 6.45) is 0. The highest BCUT2D eigenvalue weighted by Crippen LogP contribution is 2.43. The summed E-state index contributed by atoms with van der Waals surface area (Å²) in [5.74, 6) is 0. The lowest BCUT2D eigenvalue weighted by atomic mass is 9.96. The summed E-state index contributed by atoms with van der Waals surface area (Å²) in [4.78, 5) is 2.34. The molecule has 2 heteroatoms. The van der Waals surface area contributed by atoms with E-state index in [9.17, 15) is 0 Å². The summed E-state index contributed by atoms with van der Waals surface area (Å²) >= 11 is 0. The lowest BCUT2D eigenvalue weighted by Gasteiger charge is -2.26. The summed E-state index contributed by atoms with van der Waals surface area (Å²) in [6.45, 7) is 0. The molecule has 0 unspecified atom stereocenters. The maximum atomic E-state index is 6.74. The van der Waals surface area contributed by atoms with Gasteiger partial charge in [0.15, 0.2) is 0 Å². The highest BCUT2D eigenvalue weighted by atomic mass is 16.3. The van der Waals surface area contributed by atoms with Crippen LogP contribution in [0.5, 0.6) is 0 Å². The van der Waals surface area contributed by atoms with Gasteiger partial charge in [0.25, 0.3) is 0 Å². The van der Waals surface area contributed by atoms with E-state index in [0.717, 1.165) is 50.1 Å². The van der Waals surface area contributed by atoms with Gasteiger partial charge < -0.3 is 9.32 Å². The molecule has 0 radical (unpaired) electrons. The van der Waals surface area contributed by atoms with Crippen LogP contribution in [0, 0.1) is 0 Å². The Bertz CT molecular complexity index is 2790. The van der Waals surface area contributed by atoms with Gasteiger partial charge in [-0.05, 0) is 98.1 Å². The molecule has 0 atom stereocenters. The second-order valence-electron chi connectivity index (χ2n) is 13.3. The van der Waals surface area contributed by atoms with Crippen molar-refractivity contribution < 1.29 is 4.42 Å². The lowest BCUT2D eigenvalue weighted by molar-refractivity contribution is 0.673. The van der Waals surface area contributed by atoms with E-state index in [1.807, 2.05) is 0 Å². The van der Waals surface area contributed by atoms with Crippen molar-refractivity contribution in [2.75, 3.05) is 4.90 Å². The van der Waals surface area contributed by atoms with E-state index in [-0.39, 0.29) is 0 Å². The molecule has 0 amide bonds. The van der Waals surface area contributed by atoms with Gasteiger partial charge in [0.2, 0.25) is 0 Å². The molecule has 10 aromatic rings. The molecular weight excluding hydrogens is 631 g/mol. The number of fused-ring (bicyclic) bond motifs is 8. The minimum Gasteiger partial charge on any atom is -0.455 e. The molecule has 244 valence electrons. The van der Waals surface area contributed by atoms with E-state index >= 15 is 0 Å². The van der Waals surface area contributed by atoms with E-state index in [1.54, 1.807) is 0 Å². The molecule has 9 aromatic carbocycles. The molecule has 52 heavy (non-hydrogen) atoms. The molecule has 0 aliphatic heterocycles. The highest BCUT2D eigenvalue weighted by Gasteiger charge is 2.18. The molecule has 2 nitrogen and oxygen atoms in total. The summed E-state index contributed by atoms with van der Waals surface area (Å²) in [7, 11) is 0. The number of nitrogens with zero attached hydrogens (tertiary/aromatic N) is 1. The zero-order valence-corrected chi connectivity index (χ0v) is 28.4. The minimum absolute atomic E-state index is 0.893. The molecule has 0 N–H and O–H groups in total. The van der Waals surface area contributed by atoms with Crippen LogP contribution in [0.3, 0.4) is 0 Å². The SMILES string of the molecule is c1ccc(-c2ccc(N(c3ccc(-c4ccccc4)cc3)c3cccc(-c4ccc5c(c4)oc4c6ccccc6c6ccccc6c54)c3)cc2)cc1. The Hall–Kier alpha value is -6.90. The van der Waals surface area contributed by atoms with Crippen LogP contribution in [0.15, 0.2) is 205 Å². The average Bonchev–Trinajstić information content (AvgIpc) is 3.62. The Kier molecular flexibility index (Phi) is 7.18. The average molecular weight is 664 g/mol. The van der Waals surface area contributed by atoms with E-state index in [4.69, 9.17) is 4.42 Å². The standard InChI is InChI=1S/C50H33NO/c1-3-12-34(13-4-1)36-22-27-40(28-23-36)51(41-29-24-37(25-30-41)35-14-5-2-6-15-35)42-17-11-16-38(32-42)39-26-31-47-48(33-39)52-50-46-21-10-8-19-44(46)43-18-7-9-20-45(43)49(47)50/h1-33H. The van der Waals surface area contributed by atoms with Gasteiger partial charge in [0, 0.05) is 33.2 Å². The van der Waals surface area contributed by atoms with E-state index in [0.29, 0.717) is 0 Å². The summed E-state index contributed by atoms with van der Waals surface area (Å²) < 4.78 is 6.74. The third kappa shape index (κ3) is 5.12. The quantitative estimate of drug-likeness (QED) is 0.165. The van der Waals surface area contributed by atoms with Gasteiger partial charge in [-0.1, -0.05) is 152 Å². The van der Waals surface area contributed by atoms with E-state index in [2.05, 4.69) is 205 Å². The molecular formula is C50H33NO. The maximum Gasteiger partial charge on any atom is 0.143 e. The highest BCUT2D eigenvalue weighted by molar-refractivity contribution is 6.30. The first kappa shape index (κ1) is 30.0. The van der Waals surface area contributed by atoms with Crippen LogP contribution in [0.2, 0.25) is 0 Å². The number of rotatable bonds is 6. The van der Waals surface area contributed by atoms with Crippen LogP contribution in [0.1, 0.15) is 0 Å². The smallest absolute Gasteiger partial charge is 0.143 e. The van der Waals surface area contributed by atoms with E-state index < -0.39 is 0 Å². The maximum absolute atomic E-state index is 6.74. The molecule has 10 rings (SSSR count). The van der Waals surface area contributed by atoms with Crippen molar-refractivity contribution in [1.82, 2.24) is 0 Å². The van der Waals surface area contributed by atoms with Gasteiger partial charge in [-0.15, -0.1) is 0 Å². The first-order valence-corrected chi connectivity index (χ1v) is 17.8. The molecule has 0 bridgehead atoms. The molecule has 1 aromatic heterocycles. The predicted molar refractivity (Wildman–Crippen MR) is 220 cm³/mol. The van der Waals surface area contributed by atoms with E-state index in [1.165, 1.54) is 43.8 Å². The molecule has 1 heterocycles. The van der Waals surface area contributed by atoms with Crippen LogP contribution >= 0.6 is 0 Å². The Morgan fingerprint density at radius 1 is 0.288 bits per heavy atom. The minimum atomic E-state index is 0.893. The second kappa shape index (κ2) is 12.5. The van der Waals surface area contributed by atoms with Gasteiger partial charge in [0.1, 0.15) is 11.2 Å². The number of benzene rings is 9.